The van der Waals surface area contributed by atoms with Crippen molar-refractivity contribution in [3.05, 3.63) is 0 Å². The SMILES string of the molecule is CCCCCCCCCCCCSC(CC)NCCO. The first-order valence-electron chi connectivity index (χ1n) is 8.81. The van der Waals surface area contributed by atoms with E-state index in [4.69, 9.17) is 5.11 Å². The Labute approximate surface area is 131 Å². The van der Waals surface area contributed by atoms with Crippen LogP contribution < -0.4 is 5.32 Å². The molecule has 0 aliphatic heterocycles. The van der Waals surface area contributed by atoms with Crippen LogP contribution in [0.5, 0.6) is 0 Å². The Morgan fingerprint density at radius 3 is 1.90 bits per heavy atom. The number of rotatable bonds is 16. The molecule has 0 saturated heterocycles. The molecule has 2 nitrogen and oxygen atoms in total. The molecule has 1 atom stereocenters. The predicted molar refractivity (Wildman–Crippen MR) is 93.5 cm³/mol. The Balaban J connectivity index is 3.15. The van der Waals surface area contributed by atoms with Crippen molar-refractivity contribution in [3.63, 3.8) is 0 Å². The molecule has 0 aromatic carbocycles. The fourth-order valence-electron chi connectivity index (χ4n) is 2.36. The van der Waals surface area contributed by atoms with Crippen molar-refractivity contribution in [2.75, 3.05) is 18.9 Å². The maximum Gasteiger partial charge on any atom is 0.0556 e. The normalized spacial score (nSPS) is 12.8. The lowest BCUT2D eigenvalue weighted by atomic mass is 10.1. The quantitative estimate of drug-likeness (QED) is 0.312. The van der Waals surface area contributed by atoms with Crippen molar-refractivity contribution < 1.29 is 5.11 Å². The van der Waals surface area contributed by atoms with Gasteiger partial charge in [-0.3, -0.25) is 0 Å². The highest BCUT2D eigenvalue weighted by molar-refractivity contribution is 7.99. The van der Waals surface area contributed by atoms with Crippen LogP contribution in [0.15, 0.2) is 0 Å². The molecule has 0 amide bonds. The van der Waals surface area contributed by atoms with Gasteiger partial charge in [0.25, 0.3) is 0 Å². The second-order valence-electron chi connectivity index (χ2n) is 5.63. The summed E-state index contributed by atoms with van der Waals surface area (Å²) in [4.78, 5) is 0. The molecule has 0 aliphatic rings. The molecule has 0 rings (SSSR count). The molecule has 0 bridgehead atoms. The molecule has 2 N–H and O–H groups in total. The van der Waals surface area contributed by atoms with Crippen LogP contribution in [0.4, 0.5) is 0 Å². The number of unbranched alkanes of at least 4 members (excludes halogenated alkanes) is 9. The summed E-state index contributed by atoms with van der Waals surface area (Å²) in [5, 5.41) is 12.7. The molecule has 20 heavy (non-hydrogen) atoms. The van der Waals surface area contributed by atoms with Crippen molar-refractivity contribution in [2.45, 2.75) is 89.9 Å². The third kappa shape index (κ3) is 14.7. The highest BCUT2D eigenvalue weighted by atomic mass is 32.2. The number of aliphatic hydroxyl groups excluding tert-OH is 1. The standard InChI is InChI=1S/C17H37NOS/c1-3-5-6-7-8-9-10-11-12-13-16-20-17(4-2)18-14-15-19/h17-19H,3-16H2,1-2H3. The van der Waals surface area contributed by atoms with E-state index < -0.39 is 0 Å². The zero-order chi connectivity index (χ0) is 14.9. The molecule has 0 saturated carbocycles. The first-order valence-corrected chi connectivity index (χ1v) is 9.85. The Morgan fingerprint density at radius 1 is 0.850 bits per heavy atom. The van der Waals surface area contributed by atoms with Gasteiger partial charge >= 0.3 is 0 Å². The summed E-state index contributed by atoms with van der Waals surface area (Å²) in [6.45, 7) is 5.46. The molecule has 0 radical (unpaired) electrons. The van der Waals surface area contributed by atoms with Gasteiger partial charge in [0.15, 0.2) is 0 Å². The van der Waals surface area contributed by atoms with E-state index in [0.717, 1.165) is 13.0 Å². The van der Waals surface area contributed by atoms with Crippen molar-refractivity contribution >= 4 is 11.8 Å². The number of hydrogen-bond acceptors (Lipinski definition) is 3. The minimum Gasteiger partial charge on any atom is -0.395 e. The smallest absolute Gasteiger partial charge is 0.0556 e. The Hall–Kier alpha value is 0.270. The topological polar surface area (TPSA) is 32.3 Å². The summed E-state index contributed by atoms with van der Waals surface area (Å²) in [6.07, 6.45) is 15.2. The molecule has 122 valence electrons. The van der Waals surface area contributed by atoms with E-state index in [-0.39, 0.29) is 6.61 Å². The van der Waals surface area contributed by atoms with Gasteiger partial charge in [-0.2, -0.15) is 0 Å². The lowest BCUT2D eigenvalue weighted by Gasteiger charge is -2.15. The van der Waals surface area contributed by atoms with Crippen LogP contribution in [-0.2, 0) is 0 Å². The summed E-state index contributed by atoms with van der Waals surface area (Å²) in [7, 11) is 0. The largest absolute Gasteiger partial charge is 0.395 e. The predicted octanol–water partition coefficient (Wildman–Crippen LogP) is 4.96. The molecule has 0 fully saturated rings. The average molecular weight is 304 g/mol. The Bertz CT molecular complexity index is 178. The Morgan fingerprint density at radius 2 is 1.40 bits per heavy atom. The van der Waals surface area contributed by atoms with E-state index in [1.165, 1.54) is 70.0 Å². The van der Waals surface area contributed by atoms with Gasteiger partial charge in [-0.05, 0) is 18.6 Å². The zero-order valence-electron chi connectivity index (χ0n) is 13.8. The van der Waals surface area contributed by atoms with Gasteiger partial charge in [0.2, 0.25) is 0 Å². The van der Waals surface area contributed by atoms with E-state index >= 15 is 0 Å². The molecule has 0 aliphatic carbocycles. The zero-order valence-corrected chi connectivity index (χ0v) is 14.6. The Kier molecular flexibility index (Phi) is 17.6. The van der Waals surface area contributed by atoms with Crippen LogP contribution in [-0.4, -0.2) is 29.4 Å². The second-order valence-corrected chi connectivity index (χ2v) is 6.94. The summed E-state index contributed by atoms with van der Waals surface area (Å²) >= 11 is 2.02. The maximum atomic E-state index is 8.80. The first-order chi connectivity index (χ1) is 9.85. The molecular weight excluding hydrogens is 266 g/mol. The van der Waals surface area contributed by atoms with Crippen molar-refractivity contribution in [1.29, 1.82) is 0 Å². The third-order valence-corrected chi connectivity index (χ3v) is 5.10. The fourth-order valence-corrected chi connectivity index (χ4v) is 3.49. The number of hydrogen-bond donors (Lipinski definition) is 2. The van der Waals surface area contributed by atoms with Crippen LogP contribution in [0.3, 0.4) is 0 Å². The molecule has 0 aromatic rings. The first kappa shape index (κ1) is 20.3. The highest BCUT2D eigenvalue weighted by Gasteiger charge is 2.04. The minimum absolute atomic E-state index is 0.245. The fraction of sp³-hybridized carbons (Fsp3) is 1.00. The van der Waals surface area contributed by atoms with Crippen LogP contribution >= 0.6 is 11.8 Å². The van der Waals surface area contributed by atoms with E-state index in [1.54, 1.807) is 0 Å². The summed E-state index contributed by atoms with van der Waals surface area (Å²) in [5.74, 6) is 1.26. The van der Waals surface area contributed by atoms with Crippen LogP contribution in [0, 0.1) is 0 Å². The van der Waals surface area contributed by atoms with Gasteiger partial charge < -0.3 is 10.4 Å². The van der Waals surface area contributed by atoms with Crippen LogP contribution in [0.2, 0.25) is 0 Å². The van der Waals surface area contributed by atoms with Gasteiger partial charge in [-0.25, -0.2) is 0 Å². The lowest BCUT2D eigenvalue weighted by Crippen LogP contribution is -2.28. The van der Waals surface area contributed by atoms with Crippen molar-refractivity contribution in [1.82, 2.24) is 5.32 Å². The van der Waals surface area contributed by atoms with Crippen LogP contribution in [0.1, 0.15) is 84.5 Å². The van der Waals surface area contributed by atoms with Crippen molar-refractivity contribution in [2.24, 2.45) is 0 Å². The number of thioether (sulfide) groups is 1. The molecule has 0 spiro atoms. The minimum atomic E-state index is 0.245. The van der Waals surface area contributed by atoms with E-state index in [2.05, 4.69) is 19.2 Å². The molecule has 0 aromatic heterocycles. The van der Waals surface area contributed by atoms with Gasteiger partial charge in [-0.15, -0.1) is 11.8 Å². The van der Waals surface area contributed by atoms with Crippen LogP contribution in [0.25, 0.3) is 0 Å². The molecule has 1 unspecified atom stereocenters. The number of aliphatic hydroxyl groups is 1. The van der Waals surface area contributed by atoms with E-state index in [9.17, 15) is 0 Å². The van der Waals surface area contributed by atoms with Gasteiger partial charge in [0.1, 0.15) is 0 Å². The lowest BCUT2D eigenvalue weighted by molar-refractivity contribution is 0.290. The monoisotopic (exact) mass is 303 g/mol. The van der Waals surface area contributed by atoms with Gasteiger partial charge in [0.05, 0.1) is 12.0 Å². The van der Waals surface area contributed by atoms with Gasteiger partial charge in [0, 0.05) is 6.54 Å². The van der Waals surface area contributed by atoms with Crippen molar-refractivity contribution in [3.8, 4) is 0 Å². The summed E-state index contributed by atoms with van der Waals surface area (Å²) in [5.41, 5.74) is 0. The summed E-state index contributed by atoms with van der Waals surface area (Å²) < 4.78 is 0. The number of nitrogens with one attached hydrogen (secondary N) is 1. The summed E-state index contributed by atoms with van der Waals surface area (Å²) in [6, 6.07) is 0. The molecule has 3 heteroatoms. The second kappa shape index (κ2) is 17.3. The maximum absolute atomic E-state index is 8.80. The van der Waals surface area contributed by atoms with E-state index in [1.807, 2.05) is 11.8 Å². The molecule has 0 heterocycles. The highest BCUT2D eigenvalue weighted by Crippen LogP contribution is 2.16. The molecular formula is C17H37NOS. The average Bonchev–Trinajstić information content (AvgIpc) is 2.48. The van der Waals surface area contributed by atoms with Gasteiger partial charge in [-0.1, -0.05) is 71.6 Å². The van der Waals surface area contributed by atoms with E-state index in [0.29, 0.717) is 5.37 Å². The third-order valence-electron chi connectivity index (χ3n) is 3.67.